The first-order valence-electron chi connectivity index (χ1n) is 5.85. The van der Waals surface area contributed by atoms with Crippen LogP contribution in [0.4, 0.5) is 0 Å². The number of rotatable bonds is 3. The van der Waals surface area contributed by atoms with Crippen LogP contribution in [0, 0.1) is 6.92 Å². The van der Waals surface area contributed by atoms with Crippen LogP contribution in [-0.2, 0) is 14.4 Å². The van der Waals surface area contributed by atoms with Gasteiger partial charge in [0.25, 0.3) is 0 Å². The quantitative estimate of drug-likeness (QED) is 0.470. The van der Waals surface area contributed by atoms with Crippen molar-refractivity contribution in [1.29, 1.82) is 0 Å². The van der Waals surface area contributed by atoms with Crippen LogP contribution in [0.1, 0.15) is 38.8 Å². The van der Waals surface area contributed by atoms with Gasteiger partial charge in [-0.3, -0.25) is 4.79 Å². The lowest BCUT2D eigenvalue weighted by Crippen LogP contribution is -2.14. The molecule has 0 heterocycles. The number of ketones is 1. The van der Waals surface area contributed by atoms with E-state index in [-0.39, 0.29) is 11.5 Å². The molecule has 0 amide bonds. The molecule has 4 heteroatoms. The van der Waals surface area contributed by atoms with Crippen LogP contribution < -0.4 is 0 Å². The molecule has 0 spiro atoms. The van der Waals surface area contributed by atoms with Crippen molar-refractivity contribution in [3.05, 3.63) is 35.4 Å². The fraction of sp³-hybridized carbons (Fsp3) is 0.357. The Morgan fingerprint density at radius 3 is 2.11 bits per heavy atom. The Bertz CT molecular complexity index is 450. The number of benzene rings is 1. The molecule has 0 aliphatic rings. The van der Waals surface area contributed by atoms with Crippen LogP contribution in [-0.4, -0.2) is 17.5 Å². The highest BCUT2D eigenvalue weighted by molar-refractivity contribution is 6.45. The van der Waals surface area contributed by atoms with Crippen molar-refractivity contribution < 1.29 is 14.4 Å². The van der Waals surface area contributed by atoms with E-state index in [0.29, 0.717) is 5.56 Å². The Morgan fingerprint density at radius 1 is 1.11 bits per heavy atom. The van der Waals surface area contributed by atoms with Crippen molar-refractivity contribution in [2.24, 2.45) is 5.16 Å². The van der Waals surface area contributed by atoms with Crippen molar-refractivity contribution in [2.45, 2.75) is 34.6 Å². The second kappa shape index (κ2) is 8.17. The standard InChI is InChI=1S/C12H13NO3.C2H6/c1-8-6-4-5-7-11(8)12(9(2)14)13-16-10(3)15;1-2/h4-7H,1-3H3;1-2H3/b13-12+;. The molecule has 0 bridgehead atoms. The molecular formula is C14H19NO3. The maximum absolute atomic E-state index is 11.4. The van der Waals surface area contributed by atoms with Gasteiger partial charge in [-0.2, -0.15) is 0 Å². The lowest BCUT2D eigenvalue weighted by atomic mass is 10.0. The van der Waals surface area contributed by atoms with Gasteiger partial charge in [-0.15, -0.1) is 0 Å². The van der Waals surface area contributed by atoms with Crippen LogP contribution in [0.3, 0.4) is 0 Å². The molecule has 0 fully saturated rings. The first-order valence-corrected chi connectivity index (χ1v) is 5.85. The highest BCUT2D eigenvalue weighted by atomic mass is 16.7. The Kier molecular flexibility index (Phi) is 7.28. The van der Waals surface area contributed by atoms with E-state index in [1.54, 1.807) is 12.1 Å². The number of carbonyl (C=O) groups is 2. The van der Waals surface area contributed by atoms with Gasteiger partial charge in [-0.25, -0.2) is 4.79 Å². The number of hydrogen-bond donors (Lipinski definition) is 0. The van der Waals surface area contributed by atoms with Gasteiger partial charge in [-0.05, 0) is 12.5 Å². The molecule has 0 unspecified atom stereocenters. The summed E-state index contributed by atoms with van der Waals surface area (Å²) in [6, 6.07) is 7.29. The largest absolute Gasteiger partial charge is 0.332 e. The SMILES string of the molecule is CC.CC(=O)O/N=C(\C(C)=O)c1ccccc1C. The molecule has 0 saturated carbocycles. The second-order valence-electron chi connectivity index (χ2n) is 3.39. The van der Waals surface area contributed by atoms with Gasteiger partial charge in [0.15, 0.2) is 11.5 Å². The highest BCUT2D eigenvalue weighted by Gasteiger charge is 2.12. The smallest absolute Gasteiger partial charge is 0.318 e. The first-order chi connectivity index (χ1) is 8.52. The van der Waals surface area contributed by atoms with Crippen LogP contribution in [0.2, 0.25) is 0 Å². The van der Waals surface area contributed by atoms with Crippen molar-refractivity contribution in [1.82, 2.24) is 0 Å². The van der Waals surface area contributed by atoms with E-state index in [1.807, 2.05) is 32.9 Å². The zero-order chi connectivity index (χ0) is 14.1. The van der Waals surface area contributed by atoms with Crippen molar-refractivity contribution >= 4 is 17.5 Å². The molecule has 0 radical (unpaired) electrons. The number of aryl methyl sites for hydroxylation is 1. The molecule has 98 valence electrons. The Hall–Kier alpha value is -1.97. The molecule has 0 atom stereocenters. The topological polar surface area (TPSA) is 55.7 Å². The zero-order valence-corrected chi connectivity index (χ0v) is 11.5. The van der Waals surface area contributed by atoms with E-state index >= 15 is 0 Å². The third kappa shape index (κ3) is 4.91. The van der Waals surface area contributed by atoms with Crippen molar-refractivity contribution in [3.8, 4) is 0 Å². The summed E-state index contributed by atoms with van der Waals surface area (Å²) in [4.78, 5) is 26.5. The lowest BCUT2D eigenvalue weighted by Gasteiger charge is -2.05. The van der Waals surface area contributed by atoms with Gasteiger partial charge in [-0.1, -0.05) is 43.3 Å². The maximum atomic E-state index is 11.4. The van der Waals surface area contributed by atoms with E-state index in [0.717, 1.165) is 5.56 Å². The van der Waals surface area contributed by atoms with Gasteiger partial charge in [0.1, 0.15) is 0 Å². The summed E-state index contributed by atoms with van der Waals surface area (Å²) in [6.07, 6.45) is 0. The van der Waals surface area contributed by atoms with Gasteiger partial charge >= 0.3 is 5.97 Å². The molecular weight excluding hydrogens is 230 g/mol. The van der Waals surface area contributed by atoms with E-state index in [2.05, 4.69) is 9.99 Å². The van der Waals surface area contributed by atoms with Crippen LogP contribution >= 0.6 is 0 Å². The summed E-state index contributed by atoms with van der Waals surface area (Å²) in [6.45, 7) is 8.48. The molecule has 18 heavy (non-hydrogen) atoms. The molecule has 4 nitrogen and oxygen atoms in total. The monoisotopic (exact) mass is 249 g/mol. The minimum absolute atomic E-state index is 0.160. The predicted molar refractivity (Wildman–Crippen MR) is 71.5 cm³/mol. The normalized spacial score (nSPS) is 10.2. The van der Waals surface area contributed by atoms with Crippen molar-refractivity contribution in [2.75, 3.05) is 0 Å². The first kappa shape index (κ1) is 16.0. The molecule has 1 aromatic carbocycles. The summed E-state index contributed by atoms with van der Waals surface area (Å²) in [5.74, 6) is -0.789. The maximum Gasteiger partial charge on any atom is 0.332 e. The third-order valence-corrected chi connectivity index (χ3v) is 2.00. The van der Waals surface area contributed by atoms with Crippen LogP contribution in [0.5, 0.6) is 0 Å². The Labute approximate surface area is 108 Å². The molecule has 0 N–H and O–H groups in total. The zero-order valence-electron chi connectivity index (χ0n) is 11.5. The molecule has 0 aromatic heterocycles. The van der Waals surface area contributed by atoms with E-state index < -0.39 is 5.97 Å². The summed E-state index contributed by atoms with van der Waals surface area (Å²) >= 11 is 0. The fourth-order valence-corrected chi connectivity index (χ4v) is 1.25. The number of Topliss-reactive ketones (excluding diaryl/α,β-unsaturated/α-hetero) is 1. The summed E-state index contributed by atoms with van der Waals surface area (Å²) in [7, 11) is 0. The van der Waals surface area contributed by atoms with Crippen molar-refractivity contribution in [3.63, 3.8) is 0 Å². The summed E-state index contributed by atoms with van der Waals surface area (Å²) in [5, 5.41) is 3.57. The Morgan fingerprint density at radius 2 is 1.67 bits per heavy atom. The summed E-state index contributed by atoms with van der Waals surface area (Å²) in [5.41, 5.74) is 1.74. The van der Waals surface area contributed by atoms with Gasteiger partial charge in [0.05, 0.1) is 0 Å². The summed E-state index contributed by atoms with van der Waals surface area (Å²) < 4.78 is 0. The lowest BCUT2D eigenvalue weighted by molar-refractivity contribution is -0.140. The Balaban J connectivity index is 0.00000137. The van der Waals surface area contributed by atoms with E-state index in [4.69, 9.17) is 0 Å². The highest BCUT2D eigenvalue weighted by Crippen LogP contribution is 2.09. The van der Waals surface area contributed by atoms with Crippen LogP contribution in [0.15, 0.2) is 29.4 Å². The number of hydrogen-bond acceptors (Lipinski definition) is 4. The second-order valence-corrected chi connectivity index (χ2v) is 3.39. The fourth-order valence-electron chi connectivity index (χ4n) is 1.25. The predicted octanol–water partition coefficient (Wildman–Crippen LogP) is 2.88. The average molecular weight is 249 g/mol. The molecule has 1 rings (SSSR count). The number of nitrogens with zero attached hydrogens (tertiary/aromatic N) is 1. The minimum atomic E-state index is -0.549. The number of carbonyl (C=O) groups excluding carboxylic acids is 2. The van der Waals surface area contributed by atoms with Crippen LogP contribution in [0.25, 0.3) is 0 Å². The molecule has 1 aromatic rings. The van der Waals surface area contributed by atoms with E-state index in [1.165, 1.54) is 13.8 Å². The van der Waals surface area contributed by atoms with Gasteiger partial charge in [0.2, 0.25) is 0 Å². The number of oxime groups is 1. The van der Waals surface area contributed by atoms with E-state index in [9.17, 15) is 9.59 Å². The average Bonchev–Trinajstić information content (AvgIpc) is 2.33. The molecule has 0 aliphatic carbocycles. The third-order valence-electron chi connectivity index (χ3n) is 2.00. The molecule has 0 saturated heterocycles. The minimum Gasteiger partial charge on any atom is -0.318 e. The molecule has 0 aliphatic heterocycles. The van der Waals surface area contributed by atoms with Gasteiger partial charge < -0.3 is 4.84 Å². The van der Waals surface area contributed by atoms with Gasteiger partial charge in [0, 0.05) is 19.4 Å².